The van der Waals surface area contributed by atoms with E-state index < -0.39 is 0 Å². The summed E-state index contributed by atoms with van der Waals surface area (Å²) >= 11 is 0. The largest absolute Gasteiger partial charge is 0.497 e. The van der Waals surface area contributed by atoms with Crippen LogP contribution in [0.1, 0.15) is 10.4 Å². The molecule has 22 heavy (non-hydrogen) atoms. The molecule has 116 valence electrons. The Balaban J connectivity index is 2.03. The van der Waals surface area contributed by atoms with Crippen LogP contribution in [0.5, 0.6) is 5.75 Å². The number of hydrogen-bond donors (Lipinski definition) is 2. The molecule has 0 atom stereocenters. The van der Waals surface area contributed by atoms with Gasteiger partial charge in [0, 0.05) is 37.8 Å². The van der Waals surface area contributed by atoms with Gasteiger partial charge in [0.1, 0.15) is 5.75 Å². The molecule has 6 heteroatoms. The van der Waals surface area contributed by atoms with Crippen LogP contribution in [-0.4, -0.2) is 38.3 Å². The van der Waals surface area contributed by atoms with Crippen molar-refractivity contribution in [3.05, 3.63) is 48.3 Å². The van der Waals surface area contributed by atoms with Crippen LogP contribution in [0.15, 0.2) is 42.7 Å². The van der Waals surface area contributed by atoms with E-state index >= 15 is 0 Å². The summed E-state index contributed by atoms with van der Waals surface area (Å²) in [6, 6.07) is 8.94. The predicted molar refractivity (Wildman–Crippen MR) is 85.5 cm³/mol. The maximum Gasteiger partial charge on any atom is 0.257 e. The van der Waals surface area contributed by atoms with Gasteiger partial charge in [-0.15, -0.1) is 0 Å². The van der Waals surface area contributed by atoms with Crippen molar-refractivity contribution in [1.82, 2.24) is 4.98 Å². The van der Waals surface area contributed by atoms with Crippen LogP contribution in [0.2, 0.25) is 0 Å². The fourth-order valence-electron chi connectivity index (χ4n) is 1.86. The minimum absolute atomic E-state index is 0.226. The number of rotatable bonds is 7. The van der Waals surface area contributed by atoms with Crippen LogP contribution in [0.3, 0.4) is 0 Å². The molecule has 0 spiro atoms. The molecule has 1 amide bonds. The Morgan fingerprint density at radius 2 is 2.05 bits per heavy atom. The van der Waals surface area contributed by atoms with Crippen molar-refractivity contribution in [2.75, 3.05) is 38.0 Å². The lowest BCUT2D eigenvalue weighted by molar-refractivity contribution is 0.102. The van der Waals surface area contributed by atoms with Crippen molar-refractivity contribution in [3.63, 3.8) is 0 Å². The van der Waals surface area contributed by atoms with E-state index in [1.54, 1.807) is 38.6 Å². The molecule has 0 bridgehead atoms. The number of ether oxygens (including phenoxy) is 2. The fourth-order valence-corrected chi connectivity index (χ4v) is 1.86. The highest BCUT2D eigenvalue weighted by Crippen LogP contribution is 2.18. The third kappa shape index (κ3) is 4.46. The maximum absolute atomic E-state index is 12.3. The lowest BCUT2D eigenvalue weighted by atomic mass is 10.2. The first kappa shape index (κ1) is 15.8. The summed E-state index contributed by atoms with van der Waals surface area (Å²) in [4.78, 5) is 16.3. The number of amides is 1. The predicted octanol–water partition coefficient (Wildman–Crippen LogP) is 2.40. The normalized spacial score (nSPS) is 10.1. The smallest absolute Gasteiger partial charge is 0.257 e. The standard InChI is InChI=1S/C16H19N3O3/c1-21-7-6-18-14-8-12(10-17-11-14)16(20)19-13-4-3-5-15(9-13)22-2/h3-5,8-11,18H,6-7H2,1-2H3,(H,19,20). The average Bonchev–Trinajstić information content (AvgIpc) is 2.55. The third-order valence-electron chi connectivity index (χ3n) is 2.96. The Morgan fingerprint density at radius 1 is 1.18 bits per heavy atom. The van der Waals surface area contributed by atoms with E-state index in [4.69, 9.17) is 9.47 Å². The number of pyridine rings is 1. The Hall–Kier alpha value is -2.60. The van der Waals surface area contributed by atoms with E-state index in [9.17, 15) is 4.79 Å². The van der Waals surface area contributed by atoms with Gasteiger partial charge in [0.05, 0.1) is 25.0 Å². The van der Waals surface area contributed by atoms with Crippen molar-refractivity contribution >= 4 is 17.3 Å². The van der Waals surface area contributed by atoms with Gasteiger partial charge < -0.3 is 20.1 Å². The van der Waals surface area contributed by atoms with Gasteiger partial charge in [0.15, 0.2) is 0 Å². The second-order valence-corrected chi connectivity index (χ2v) is 4.57. The number of carbonyl (C=O) groups excluding carboxylic acids is 1. The number of hydrogen-bond acceptors (Lipinski definition) is 5. The molecule has 0 unspecified atom stereocenters. The summed E-state index contributed by atoms with van der Waals surface area (Å²) in [6.07, 6.45) is 3.19. The average molecular weight is 301 g/mol. The Labute approximate surface area is 129 Å². The summed E-state index contributed by atoms with van der Waals surface area (Å²) in [7, 11) is 3.22. The number of nitrogens with one attached hydrogen (secondary N) is 2. The first-order valence-electron chi connectivity index (χ1n) is 6.86. The van der Waals surface area contributed by atoms with Crippen LogP contribution in [-0.2, 0) is 4.74 Å². The van der Waals surface area contributed by atoms with Crippen molar-refractivity contribution in [2.45, 2.75) is 0 Å². The number of benzene rings is 1. The fraction of sp³-hybridized carbons (Fsp3) is 0.250. The molecule has 0 aliphatic rings. The second-order valence-electron chi connectivity index (χ2n) is 4.57. The Kier molecular flexibility index (Phi) is 5.73. The van der Waals surface area contributed by atoms with Crippen LogP contribution in [0.25, 0.3) is 0 Å². The van der Waals surface area contributed by atoms with Gasteiger partial charge >= 0.3 is 0 Å². The van der Waals surface area contributed by atoms with Crippen molar-refractivity contribution < 1.29 is 14.3 Å². The Bertz CT molecular complexity index is 632. The molecule has 6 nitrogen and oxygen atoms in total. The topological polar surface area (TPSA) is 72.5 Å². The van der Waals surface area contributed by atoms with Gasteiger partial charge in [0.2, 0.25) is 0 Å². The summed E-state index contributed by atoms with van der Waals surface area (Å²) in [5.41, 5.74) is 1.92. The quantitative estimate of drug-likeness (QED) is 0.768. The van der Waals surface area contributed by atoms with E-state index in [1.807, 2.05) is 12.1 Å². The molecule has 0 saturated carbocycles. The number of aromatic nitrogens is 1. The van der Waals surface area contributed by atoms with E-state index in [1.165, 1.54) is 6.20 Å². The molecule has 2 aromatic rings. The molecule has 2 N–H and O–H groups in total. The highest BCUT2D eigenvalue weighted by molar-refractivity contribution is 6.04. The van der Waals surface area contributed by atoms with E-state index in [2.05, 4.69) is 15.6 Å². The lowest BCUT2D eigenvalue weighted by Gasteiger charge is -2.09. The molecule has 0 aliphatic heterocycles. The zero-order valence-corrected chi connectivity index (χ0v) is 12.6. The van der Waals surface area contributed by atoms with E-state index in [0.29, 0.717) is 30.2 Å². The van der Waals surface area contributed by atoms with Crippen LogP contribution in [0, 0.1) is 0 Å². The zero-order valence-electron chi connectivity index (χ0n) is 12.6. The molecule has 1 aromatic carbocycles. The van der Waals surface area contributed by atoms with Gasteiger partial charge in [-0.3, -0.25) is 9.78 Å². The first-order valence-corrected chi connectivity index (χ1v) is 6.86. The summed E-state index contributed by atoms with van der Waals surface area (Å²) < 4.78 is 10.1. The second kappa shape index (κ2) is 7.99. The Morgan fingerprint density at radius 3 is 2.82 bits per heavy atom. The summed E-state index contributed by atoms with van der Waals surface area (Å²) in [6.45, 7) is 1.24. The molecule has 2 rings (SSSR count). The van der Waals surface area contributed by atoms with Gasteiger partial charge in [-0.2, -0.15) is 0 Å². The highest BCUT2D eigenvalue weighted by Gasteiger charge is 2.08. The van der Waals surface area contributed by atoms with E-state index in [-0.39, 0.29) is 5.91 Å². The molecule has 0 aliphatic carbocycles. The van der Waals surface area contributed by atoms with Crippen molar-refractivity contribution in [2.24, 2.45) is 0 Å². The monoisotopic (exact) mass is 301 g/mol. The molecular weight excluding hydrogens is 282 g/mol. The van der Waals surface area contributed by atoms with Gasteiger partial charge in [-0.05, 0) is 18.2 Å². The number of anilines is 2. The minimum Gasteiger partial charge on any atom is -0.497 e. The molecule has 0 radical (unpaired) electrons. The maximum atomic E-state index is 12.3. The highest BCUT2D eigenvalue weighted by atomic mass is 16.5. The van der Waals surface area contributed by atoms with Crippen LogP contribution >= 0.6 is 0 Å². The summed E-state index contributed by atoms with van der Waals surface area (Å²) in [5.74, 6) is 0.460. The SMILES string of the molecule is COCCNc1cncc(C(=O)Nc2cccc(OC)c2)c1. The van der Waals surface area contributed by atoms with Gasteiger partial charge in [0.25, 0.3) is 5.91 Å². The third-order valence-corrected chi connectivity index (χ3v) is 2.96. The van der Waals surface area contributed by atoms with E-state index in [0.717, 1.165) is 5.69 Å². The molecule has 0 fully saturated rings. The number of nitrogens with zero attached hydrogens (tertiary/aromatic N) is 1. The minimum atomic E-state index is -0.226. The van der Waals surface area contributed by atoms with Crippen LogP contribution < -0.4 is 15.4 Å². The molecule has 1 aromatic heterocycles. The molecule has 1 heterocycles. The molecular formula is C16H19N3O3. The molecule has 0 saturated heterocycles. The first-order chi connectivity index (χ1) is 10.7. The number of carbonyl (C=O) groups is 1. The number of methoxy groups -OCH3 is 2. The van der Waals surface area contributed by atoms with Crippen molar-refractivity contribution in [1.29, 1.82) is 0 Å². The summed E-state index contributed by atoms with van der Waals surface area (Å²) in [5, 5.41) is 5.95. The zero-order chi connectivity index (χ0) is 15.8. The lowest BCUT2D eigenvalue weighted by Crippen LogP contribution is -2.13. The van der Waals surface area contributed by atoms with Gasteiger partial charge in [-0.1, -0.05) is 6.07 Å². The van der Waals surface area contributed by atoms with Crippen molar-refractivity contribution in [3.8, 4) is 5.75 Å². The van der Waals surface area contributed by atoms with Crippen LogP contribution in [0.4, 0.5) is 11.4 Å². The van der Waals surface area contributed by atoms with Gasteiger partial charge in [-0.25, -0.2) is 0 Å².